The molecule has 0 aromatic carbocycles. The Kier molecular flexibility index (Phi) is 6.80. The van der Waals surface area contributed by atoms with Gasteiger partial charge in [0, 0.05) is 0 Å². The monoisotopic (exact) mass is 537 g/mol. The summed E-state index contributed by atoms with van der Waals surface area (Å²) in [5, 5.41) is 14.2. The first-order valence-electron chi connectivity index (χ1n) is 8.63. The zero-order valence-corrected chi connectivity index (χ0v) is 19.1. The number of rotatable bonds is 8. The molecule has 2 aromatic heterocycles. The number of nitrogens with zero attached hydrogens (tertiary/aromatic N) is 3. The van der Waals surface area contributed by atoms with Crippen LogP contribution < -0.4 is 11.5 Å². The highest BCUT2D eigenvalue weighted by Crippen LogP contribution is 2.66. The van der Waals surface area contributed by atoms with Crippen LogP contribution >= 0.6 is 23.5 Å². The van der Waals surface area contributed by atoms with Crippen LogP contribution in [-0.4, -0.2) is 63.8 Å². The van der Waals surface area contributed by atoms with E-state index < -0.39 is 54.1 Å². The van der Waals surface area contributed by atoms with Crippen molar-refractivity contribution in [2.45, 2.75) is 30.9 Å². The average Bonchev–Trinajstić information content (AvgIpc) is 3.10. The van der Waals surface area contributed by atoms with Gasteiger partial charge in [0.2, 0.25) is 5.95 Å². The number of hydrogen-bond donors (Lipinski definition) is 7. The first kappa shape index (κ1) is 26.1. The number of halogens is 1. The highest BCUT2D eigenvalue weighted by Gasteiger charge is 2.56. The molecule has 33 heavy (non-hydrogen) atoms. The number of nitrogens with two attached hydrogens (primary N) is 2. The normalized spacial score (nSPS) is 29.7. The molecule has 6 atom stereocenters. The second-order valence-electron chi connectivity index (χ2n) is 6.95. The average molecular weight is 537 g/mol. The molecule has 1 aliphatic rings. The fourth-order valence-electron chi connectivity index (χ4n) is 3.12. The van der Waals surface area contributed by atoms with Gasteiger partial charge in [0.1, 0.15) is 23.8 Å². The predicted molar refractivity (Wildman–Crippen MR) is 105 cm³/mol. The maximum Gasteiger partial charge on any atom is 0.490 e. The quantitative estimate of drug-likeness (QED) is 0.214. The number of alkyl halides is 1. The van der Waals surface area contributed by atoms with Crippen LogP contribution in [0.3, 0.4) is 0 Å². The van der Waals surface area contributed by atoms with Gasteiger partial charge in [0.15, 0.2) is 11.5 Å². The maximum atomic E-state index is 15.4. The maximum absolute atomic E-state index is 15.4. The molecular formula is C12H19FN5O12P3. The lowest BCUT2D eigenvalue weighted by Crippen LogP contribution is -2.39. The number of aliphatic hydroxyl groups excluding tert-OH is 1. The van der Waals surface area contributed by atoms with E-state index in [0.29, 0.717) is 0 Å². The van der Waals surface area contributed by atoms with Crippen molar-refractivity contribution in [3.05, 3.63) is 17.8 Å². The van der Waals surface area contributed by atoms with Crippen LogP contribution in [0.15, 0.2) is 12.1 Å². The van der Waals surface area contributed by atoms with E-state index >= 15 is 4.39 Å². The molecule has 3 heterocycles. The molecule has 21 heteroatoms. The summed E-state index contributed by atoms with van der Waals surface area (Å²) in [4.78, 5) is 39.5. The highest BCUT2D eigenvalue weighted by atomic mass is 31.3. The molecule has 2 aromatic rings. The summed E-state index contributed by atoms with van der Waals surface area (Å²) in [6, 6.07) is 2.81. The van der Waals surface area contributed by atoms with Crippen molar-refractivity contribution in [3.8, 4) is 0 Å². The van der Waals surface area contributed by atoms with Crippen molar-refractivity contribution in [1.29, 1.82) is 0 Å². The summed E-state index contributed by atoms with van der Waals surface area (Å²) in [5.41, 5.74) is 9.10. The van der Waals surface area contributed by atoms with Crippen molar-refractivity contribution in [2.75, 3.05) is 18.1 Å². The van der Waals surface area contributed by atoms with Crippen molar-refractivity contribution in [2.24, 2.45) is 0 Å². The minimum absolute atomic E-state index is 0.0166. The smallest absolute Gasteiger partial charge is 0.387 e. The minimum Gasteiger partial charge on any atom is -0.387 e. The number of aromatic nitrogens is 3. The lowest BCUT2D eigenvalue weighted by atomic mass is 9.93. The van der Waals surface area contributed by atoms with Gasteiger partial charge < -0.3 is 40.9 Å². The molecular weight excluding hydrogens is 518 g/mol. The van der Waals surface area contributed by atoms with E-state index in [0.717, 1.165) is 11.4 Å². The van der Waals surface area contributed by atoms with Crippen molar-refractivity contribution < 1.29 is 60.6 Å². The molecule has 0 radical (unpaired) electrons. The van der Waals surface area contributed by atoms with Gasteiger partial charge in [-0.2, -0.15) is 13.6 Å². The molecule has 0 spiro atoms. The number of phosphoric acid groups is 3. The third-order valence-corrected chi connectivity index (χ3v) is 8.23. The van der Waals surface area contributed by atoms with E-state index in [1.165, 1.54) is 12.1 Å². The number of fused-ring (bicyclic) bond motifs is 1. The van der Waals surface area contributed by atoms with E-state index in [1.54, 1.807) is 0 Å². The topological polar surface area (TPSA) is 272 Å². The Labute approximate surface area is 183 Å². The highest BCUT2D eigenvalue weighted by molar-refractivity contribution is 7.66. The number of anilines is 2. The summed E-state index contributed by atoms with van der Waals surface area (Å²) in [7, 11) is -16.8. The van der Waals surface area contributed by atoms with Gasteiger partial charge in [-0.15, -0.1) is 5.10 Å². The summed E-state index contributed by atoms with van der Waals surface area (Å²) >= 11 is 0. The minimum atomic E-state index is -5.75. The van der Waals surface area contributed by atoms with E-state index in [2.05, 4.69) is 23.2 Å². The lowest BCUT2D eigenvalue weighted by molar-refractivity contribution is -0.0242. The number of phosphoric ester groups is 1. The first-order chi connectivity index (χ1) is 14.9. The molecule has 1 fully saturated rings. The van der Waals surface area contributed by atoms with Gasteiger partial charge in [-0.05, 0) is 19.1 Å². The van der Waals surface area contributed by atoms with Crippen molar-refractivity contribution in [1.82, 2.24) is 14.6 Å². The summed E-state index contributed by atoms with van der Waals surface area (Å²) < 4.78 is 67.4. The van der Waals surface area contributed by atoms with Crippen LogP contribution in [0.2, 0.25) is 0 Å². The molecule has 0 saturated carbocycles. The molecule has 0 bridgehead atoms. The van der Waals surface area contributed by atoms with Gasteiger partial charge >= 0.3 is 23.5 Å². The first-order valence-corrected chi connectivity index (χ1v) is 13.2. The molecule has 3 rings (SSSR count). The molecule has 186 valence electrons. The van der Waals surface area contributed by atoms with E-state index in [1.807, 2.05) is 0 Å². The van der Waals surface area contributed by atoms with Crippen LogP contribution in [0.5, 0.6) is 0 Å². The number of aliphatic hydroxyl groups is 1. The third-order valence-electron chi connectivity index (χ3n) is 4.43. The van der Waals surface area contributed by atoms with Gasteiger partial charge in [0.05, 0.1) is 12.3 Å². The second kappa shape index (κ2) is 8.61. The zero-order chi connectivity index (χ0) is 25.0. The lowest BCUT2D eigenvalue weighted by Gasteiger charge is -2.23. The largest absolute Gasteiger partial charge is 0.490 e. The summed E-state index contributed by atoms with van der Waals surface area (Å²) in [5.74, 6) is -0.252. The molecule has 2 unspecified atom stereocenters. The Morgan fingerprint density at radius 2 is 1.82 bits per heavy atom. The number of nitrogen functional groups attached to an aromatic ring is 2. The summed E-state index contributed by atoms with van der Waals surface area (Å²) in [6.45, 7) is -0.0795. The SMILES string of the molecule is C[C@@]1(F)[C@H](O)[C@@H](COP(=O)(O)OP(=O)(O)OP(=O)(O)O)O[C@H]1c1ccc2c(N)nc(N)nn12. The molecule has 0 amide bonds. The Morgan fingerprint density at radius 1 is 1.18 bits per heavy atom. The van der Waals surface area contributed by atoms with Crippen molar-refractivity contribution in [3.63, 3.8) is 0 Å². The number of ether oxygens (including phenoxy) is 1. The zero-order valence-electron chi connectivity index (χ0n) is 16.4. The molecule has 1 aliphatic heterocycles. The fraction of sp³-hybridized carbons (Fsp3) is 0.500. The third kappa shape index (κ3) is 5.77. The molecule has 1 saturated heterocycles. The van der Waals surface area contributed by atoms with Gasteiger partial charge in [-0.1, -0.05) is 0 Å². The van der Waals surface area contributed by atoms with Gasteiger partial charge in [-0.25, -0.2) is 22.6 Å². The Bertz CT molecular complexity index is 1200. The van der Waals surface area contributed by atoms with Crippen molar-refractivity contribution >= 4 is 40.8 Å². The van der Waals surface area contributed by atoms with Gasteiger partial charge in [-0.3, -0.25) is 4.52 Å². The Morgan fingerprint density at radius 3 is 2.42 bits per heavy atom. The molecule has 0 aliphatic carbocycles. The number of hydrogen-bond acceptors (Lipinski definition) is 12. The van der Waals surface area contributed by atoms with Crippen LogP contribution in [0.4, 0.5) is 16.2 Å². The predicted octanol–water partition coefficient (Wildman–Crippen LogP) is -0.234. The van der Waals surface area contributed by atoms with Crippen LogP contribution in [0.1, 0.15) is 18.7 Å². The summed E-state index contributed by atoms with van der Waals surface area (Å²) in [6.07, 6.45) is -5.08. The van der Waals surface area contributed by atoms with Gasteiger partial charge in [0.25, 0.3) is 0 Å². The van der Waals surface area contributed by atoms with E-state index in [-0.39, 0.29) is 23.0 Å². The fourth-order valence-corrected chi connectivity index (χ4v) is 6.14. The van der Waals surface area contributed by atoms with Crippen LogP contribution in [0.25, 0.3) is 5.52 Å². The Balaban J connectivity index is 1.77. The van der Waals surface area contributed by atoms with Crippen LogP contribution in [0, 0.1) is 0 Å². The van der Waals surface area contributed by atoms with Crippen LogP contribution in [-0.2, 0) is 31.6 Å². The second-order valence-corrected chi connectivity index (χ2v) is 11.4. The standard InChI is InChI=1S/C12H19FN5O12P3/c1-12(13)8(19)7(4-27-32(23,24)30-33(25,26)29-31(20,21)22)28-9(12)5-2-3-6-10(14)16-11(15)17-18(5)6/h2-3,7-9,19H,4H2,1H3,(H,23,24)(H,25,26)(H2,20,21,22)(H4,14,15,16,17)/t7-,8-,9+,12-/m1/s1. The molecule has 17 nitrogen and oxygen atoms in total. The van der Waals surface area contributed by atoms with E-state index in [4.69, 9.17) is 30.9 Å². The Hall–Kier alpha value is -1.52. The van der Waals surface area contributed by atoms with E-state index in [9.17, 15) is 23.7 Å². The molecule has 9 N–H and O–H groups in total.